The van der Waals surface area contributed by atoms with Gasteiger partial charge >= 0.3 is 11.9 Å². The van der Waals surface area contributed by atoms with E-state index in [1.54, 1.807) is 6.92 Å². The molecule has 0 aliphatic heterocycles. The predicted octanol–water partition coefficient (Wildman–Crippen LogP) is 0.113. The van der Waals surface area contributed by atoms with Crippen LogP contribution in [0.25, 0.3) is 0 Å². The zero-order valence-corrected chi connectivity index (χ0v) is 7.95. The van der Waals surface area contributed by atoms with Crippen LogP contribution in [-0.4, -0.2) is 23.7 Å². The van der Waals surface area contributed by atoms with Gasteiger partial charge in [0.05, 0.1) is 6.61 Å². The fourth-order valence-electron chi connectivity index (χ4n) is 1.52. The first-order valence-corrected chi connectivity index (χ1v) is 4.31. The molecule has 2 unspecified atom stereocenters. The average Bonchev–Trinajstić information content (AvgIpc) is 2.79. The van der Waals surface area contributed by atoms with Gasteiger partial charge < -0.3 is 15.6 Å². The number of allylic oxidation sites excluding steroid dienone is 1. The summed E-state index contributed by atoms with van der Waals surface area (Å²) >= 11 is 0. The molecule has 0 bridgehead atoms. The van der Waals surface area contributed by atoms with E-state index >= 15 is 0 Å². The van der Waals surface area contributed by atoms with E-state index < -0.39 is 23.3 Å². The maximum absolute atomic E-state index is 11.4. The summed E-state index contributed by atoms with van der Waals surface area (Å²) in [6, 6.07) is 0. The minimum Gasteiger partial charge on any atom is -0.480 e. The van der Waals surface area contributed by atoms with Gasteiger partial charge in [-0.05, 0) is 13.3 Å². The molecule has 0 aromatic rings. The van der Waals surface area contributed by atoms with Crippen LogP contribution in [0.5, 0.6) is 0 Å². The normalized spacial score (nSPS) is 29.4. The predicted molar refractivity (Wildman–Crippen MR) is 48.1 cm³/mol. The molecule has 0 aromatic carbocycles. The quantitative estimate of drug-likeness (QED) is 0.495. The topological polar surface area (TPSA) is 89.6 Å². The number of rotatable bonds is 4. The van der Waals surface area contributed by atoms with E-state index in [9.17, 15) is 9.59 Å². The van der Waals surface area contributed by atoms with Crippen LogP contribution in [0.4, 0.5) is 0 Å². The van der Waals surface area contributed by atoms with Gasteiger partial charge in [-0.3, -0.25) is 9.59 Å². The number of carboxylic acid groups (broad SMARTS) is 1. The molecule has 0 spiro atoms. The van der Waals surface area contributed by atoms with Crippen molar-refractivity contribution in [2.45, 2.75) is 13.3 Å². The van der Waals surface area contributed by atoms with Gasteiger partial charge in [-0.2, -0.15) is 0 Å². The highest BCUT2D eigenvalue weighted by Gasteiger charge is 2.68. The van der Waals surface area contributed by atoms with Crippen molar-refractivity contribution in [3.05, 3.63) is 12.3 Å². The van der Waals surface area contributed by atoms with Crippen molar-refractivity contribution in [2.24, 2.45) is 17.1 Å². The van der Waals surface area contributed by atoms with E-state index in [0.29, 0.717) is 0 Å². The number of nitrogens with two attached hydrogens (primary N) is 1. The standard InChI is InChI=1S/C9H13NO4/c1-3-14-8(13)9(7(11)12)4-6(9)5(2)10/h6H,2-4,10H2,1H3,(H,11,12). The molecule has 1 aliphatic carbocycles. The number of hydrogen-bond acceptors (Lipinski definition) is 4. The summed E-state index contributed by atoms with van der Waals surface area (Å²) in [5, 5.41) is 8.92. The molecule has 14 heavy (non-hydrogen) atoms. The Hall–Kier alpha value is -1.52. The van der Waals surface area contributed by atoms with Gasteiger partial charge in [0, 0.05) is 11.6 Å². The lowest BCUT2D eigenvalue weighted by Gasteiger charge is -2.10. The molecule has 0 amide bonds. The smallest absolute Gasteiger partial charge is 0.324 e. The molecule has 0 aromatic heterocycles. The van der Waals surface area contributed by atoms with Gasteiger partial charge in [0.2, 0.25) is 0 Å². The van der Waals surface area contributed by atoms with Crippen LogP contribution >= 0.6 is 0 Å². The molecule has 0 radical (unpaired) electrons. The van der Waals surface area contributed by atoms with Crippen molar-refractivity contribution in [1.82, 2.24) is 0 Å². The highest BCUT2D eigenvalue weighted by atomic mass is 16.5. The number of carboxylic acids is 1. The molecule has 1 aliphatic rings. The zero-order valence-electron chi connectivity index (χ0n) is 7.95. The van der Waals surface area contributed by atoms with Crippen molar-refractivity contribution in [2.75, 3.05) is 6.61 Å². The molecule has 2 atom stereocenters. The molecule has 1 fully saturated rings. The first-order chi connectivity index (χ1) is 6.46. The number of ether oxygens (including phenoxy) is 1. The van der Waals surface area contributed by atoms with Crippen molar-refractivity contribution in [3.8, 4) is 0 Å². The third kappa shape index (κ3) is 1.34. The number of hydrogen-bond donors (Lipinski definition) is 2. The second kappa shape index (κ2) is 3.32. The first-order valence-electron chi connectivity index (χ1n) is 4.31. The minimum absolute atomic E-state index is 0.164. The first kappa shape index (κ1) is 10.6. The molecule has 0 heterocycles. The summed E-state index contributed by atoms with van der Waals surface area (Å²) in [5.74, 6) is -2.39. The maximum Gasteiger partial charge on any atom is 0.324 e. The van der Waals surface area contributed by atoms with Gasteiger partial charge in [0.15, 0.2) is 5.41 Å². The van der Waals surface area contributed by atoms with Crippen LogP contribution in [0.3, 0.4) is 0 Å². The number of esters is 1. The summed E-state index contributed by atoms with van der Waals surface area (Å²) in [6.07, 6.45) is 0.191. The monoisotopic (exact) mass is 199 g/mol. The molecule has 1 rings (SSSR count). The Morgan fingerprint density at radius 1 is 1.71 bits per heavy atom. The fraction of sp³-hybridized carbons (Fsp3) is 0.556. The Kier molecular flexibility index (Phi) is 2.51. The summed E-state index contributed by atoms with van der Waals surface area (Å²) in [4.78, 5) is 22.3. The Balaban J connectivity index is 2.83. The molecular formula is C9H13NO4. The van der Waals surface area contributed by atoms with Crippen LogP contribution in [0.2, 0.25) is 0 Å². The van der Waals surface area contributed by atoms with Crippen molar-refractivity contribution in [1.29, 1.82) is 0 Å². The average molecular weight is 199 g/mol. The SMILES string of the molecule is C=C(N)C1CC1(C(=O)O)C(=O)OCC. The van der Waals surface area contributed by atoms with E-state index in [1.807, 2.05) is 0 Å². The third-order valence-corrected chi connectivity index (χ3v) is 2.43. The van der Waals surface area contributed by atoms with Crippen LogP contribution < -0.4 is 5.73 Å². The molecule has 5 heteroatoms. The van der Waals surface area contributed by atoms with Crippen LogP contribution in [-0.2, 0) is 14.3 Å². The largest absolute Gasteiger partial charge is 0.480 e. The number of carbonyl (C=O) groups is 2. The molecule has 5 nitrogen and oxygen atoms in total. The Morgan fingerprint density at radius 2 is 2.29 bits per heavy atom. The Bertz CT molecular complexity index is 299. The van der Waals surface area contributed by atoms with Crippen LogP contribution in [0, 0.1) is 11.3 Å². The zero-order chi connectivity index (χ0) is 10.9. The van der Waals surface area contributed by atoms with E-state index in [4.69, 9.17) is 15.6 Å². The number of carbonyl (C=O) groups excluding carboxylic acids is 1. The second-order valence-corrected chi connectivity index (χ2v) is 3.33. The van der Waals surface area contributed by atoms with Gasteiger partial charge in [0.1, 0.15) is 0 Å². The van der Waals surface area contributed by atoms with Crippen molar-refractivity contribution >= 4 is 11.9 Å². The molecular weight excluding hydrogens is 186 g/mol. The lowest BCUT2D eigenvalue weighted by atomic mass is 10.0. The lowest BCUT2D eigenvalue weighted by Crippen LogP contribution is -2.30. The Labute approximate surface area is 81.5 Å². The van der Waals surface area contributed by atoms with E-state index in [1.165, 1.54) is 0 Å². The van der Waals surface area contributed by atoms with E-state index in [-0.39, 0.29) is 18.7 Å². The highest BCUT2D eigenvalue weighted by Crippen LogP contribution is 2.56. The third-order valence-electron chi connectivity index (χ3n) is 2.43. The van der Waals surface area contributed by atoms with Crippen LogP contribution in [0.15, 0.2) is 12.3 Å². The van der Waals surface area contributed by atoms with Crippen molar-refractivity contribution < 1.29 is 19.4 Å². The summed E-state index contributed by atoms with van der Waals surface area (Å²) in [5.41, 5.74) is 4.13. The van der Waals surface area contributed by atoms with Gasteiger partial charge in [-0.1, -0.05) is 6.58 Å². The van der Waals surface area contributed by atoms with Gasteiger partial charge in [-0.15, -0.1) is 0 Å². The molecule has 3 N–H and O–H groups in total. The Morgan fingerprint density at radius 3 is 2.57 bits per heavy atom. The molecule has 78 valence electrons. The fourth-order valence-corrected chi connectivity index (χ4v) is 1.52. The minimum atomic E-state index is -1.47. The highest BCUT2D eigenvalue weighted by molar-refractivity contribution is 6.03. The van der Waals surface area contributed by atoms with E-state index in [0.717, 1.165) is 0 Å². The molecule has 1 saturated carbocycles. The summed E-state index contributed by atoms with van der Waals surface area (Å²) in [7, 11) is 0. The van der Waals surface area contributed by atoms with Gasteiger partial charge in [0.25, 0.3) is 0 Å². The maximum atomic E-state index is 11.4. The molecule has 0 saturated heterocycles. The number of aliphatic carboxylic acids is 1. The lowest BCUT2D eigenvalue weighted by molar-refractivity contribution is -0.161. The van der Waals surface area contributed by atoms with Crippen molar-refractivity contribution in [3.63, 3.8) is 0 Å². The summed E-state index contributed by atoms with van der Waals surface area (Å²) in [6.45, 7) is 5.24. The second-order valence-electron chi connectivity index (χ2n) is 3.33. The van der Waals surface area contributed by atoms with Crippen LogP contribution in [0.1, 0.15) is 13.3 Å². The van der Waals surface area contributed by atoms with E-state index in [2.05, 4.69) is 6.58 Å². The van der Waals surface area contributed by atoms with Gasteiger partial charge in [-0.25, -0.2) is 0 Å². The summed E-state index contributed by atoms with van der Waals surface area (Å²) < 4.78 is 4.69.